The maximum atomic E-state index is 8.81. The molecule has 0 heterocycles. The van der Waals surface area contributed by atoms with Crippen molar-refractivity contribution in [2.45, 2.75) is 33.1 Å². The zero-order valence-corrected chi connectivity index (χ0v) is 7.06. The predicted octanol–water partition coefficient (Wildman–Crippen LogP) is 2.36. The fourth-order valence-electron chi connectivity index (χ4n) is 0.875. The van der Waals surface area contributed by atoms with Crippen LogP contribution < -0.4 is 0 Å². The summed E-state index contributed by atoms with van der Waals surface area (Å²) in [4.78, 5) is 0. The number of aliphatic hydroxyl groups is 1. The summed E-state index contributed by atoms with van der Waals surface area (Å²) < 4.78 is 0. The first-order valence-electron chi connectivity index (χ1n) is 3.96. The molecule has 0 aromatic heterocycles. The van der Waals surface area contributed by atoms with Gasteiger partial charge in [0.15, 0.2) is 0 Å². The Kier molecular flexibility index (Phi) is 5.32. The van der Waals surface area contributed by atoms with Gasteiger partial charge < -0.3 is 5.11 Å². The number of rotatable bonds is 5. The van der Waals surface area contributed by atoms with E-state index < -0.39 is 0 Å². The van der Waals surface area contributed by atoms with Crippen LogP contribution in [-0.4, -0.2) is 11.7 Å². The van der Waals surface area contributed by atoms with Gasteiger partial charge in [-0.3, -0.25) is 0 Å². The number of aliphatic hydroxyl groups excluding tert-OH is 1. The molecular formula is C9H18O. The molecule has 1 heteroatoms. The van der Waals surface area contributed by atoms with Gasteiger partial charge in [0.05, 0.1) is 0 Å². The van der Waals surface area contributed by atoms with Crippen molar-refractivity contribution >= 4 is 0 Å². The van der Waals surface area contributed by atoms with E-state index in [0.29, 0.717) is 12.5 Å². The first-order chi connectivity index (χ1) is 4.70. The minimum absolute atomic E-state index is 0.323. The Morgan fingerprint density at radius 1 is 1.60 bits per heavy atom. The van der Waals surface area contributed by atoms with Gasteiger partial charge in [-0.15, -0.1) is 6.58 Å². The maximum absolute atomic E-state index is 8.81. The van der Waals surface area contributed by atoms with Gasteiger partial charge >= 0.3 is 0 Å². The molecule has 0 aromatic rings. The summed E-state index contributed by atoms with van der Waals surface area (Å²) in [6.07, 6.45) is 3.21. The lowest BCUT2D eigenvalue weighted by atomic mass is 9.99. The lowest BCUT2D eigenvalue weighted by molar-refractivity contribution is 0.215. The van der Waals surface area contributed by atoms with Gasteiger partial charge in [0, 0.05) is 6.61 Å². The van der Waals surface area contributed by atoms with Gasteiger partial charge in [-0.05, 0) is 25.7 Å². The van der Waals surface area contributed by atoms with Gasteiger partial charge in [0.25, 0.3) is 0 Å². The highest BCUT2D eigenvalue weighted by Crippen LogP contribution is 2.12. The van der Waals surface area contributed by atoms with Crippen LogP contribution in [0.1, 0.15) is 33.1 Å². The molecule has 0 saturated heterocycles. The molecule has 0 aliphatic rings. The van der Waals surface area contributed by atoms with Crippen molar-refractivity contribution < 1.29 is 5.11 Å². The molecule has 1 atom stereocenters. The Bertz CT molecular complexity index is 92.9. The van der Waals surface area contributed by atoms with Gasteiger partial charge in [0.2, 0.25) is 0 Å². The molecule has 0 aliphatic carbocycles. The number of hydrogen-bond donors (Lipinski definition) is 1. The van der Waals surface area contributed by atoms with E-state index >= 15 is 0 Å². The molecule has 1 N–H and O–H groups in total. The second-order valence-corrected chi connectivity index (χ2v) is 2.95. The Hall–Kier alpha value is -0.300. The standard InChI is InChI=1S/C9H18O/c1-4-9(7-10)6-5-8(2)3/h9-10H,2,4-7H2,1,3H3. The summed E-state index contributed by atoms with van der Waals surface area (Å²) in [5.41, 5.74) is 1.21. The van der Waals surface area contributed by atoms with Crippen LogP contribution in [0.2, 0.25) is 0 Å². The van der Waals surface area contributed by atoms with Crippen molar-refractivity contribution in [1.82, 2.24) is 0 Å². The SMILES string of the molecule is C=C(C)CCC(CC)CO. The van der Waals surface area contributed by atoms with Crippen LogP contribution in [0.3, 0.4) is 0 Å². The fraction of sp³-hybridized carbons (Fsp3) is 0.778. The van der Waals surface area contributed by atoms with E-state index in [0.717, 1.165) is 19.3 Å². The summed E-state index contributed by atoms with van der Waals surface area (Å²) in [7, 11) is 0. The maximum Gasteiger partial charge on any atom is 0.0459 e. The van der Waals surface area contributed by atoms with Gasteiger partial charge in [-0.25, -0.2) is 0 Å². The minimum atomic E-state index is 0.323. The molecule has 0 amide bonds. The summed E-state index contributed by atoms with van der Waals surface area (Å²) in [5, 5.41) is 8.81. The highest BCUT2D eigenvalue weighted by molar-refractivity contribution is 4.87. The van der Waals surface area contributed by atoms with E-state index in [1.165, 1.54) is 5.57 Å². The summed E-state index contributed by atoms with van der Waals surface area (Å²) in [5.74, 6) is 0.483. The first kappa shape index (κ1) is 9.70. The molecule has 0 fully saturated rings. The van der Waals surface area contributed by atoms with E-state index in [2.05, 4.69) is 13.5 Å². The lowest BCUT2D eigenvalue weighted by Gasteiger charge is -2.09. The molecule has 0 spiro atoms. The Balaban J connectivity index is 3.34. The zero-order chi connectivity index (χ0) is 7.98. The first-order valence-corrected chi connectivity index (χ1v) is 3.96. The second-order valence-electron chi connectivity index (χ2n) is 2.95. The molecule has 0 rings (SSSR count). The number of allylic oxidation sites excluding steroid dienone is 1. The van der Waals surface area contributed by atoms with Crippen molar-refractivity contribution in [2.75, 3.05) is 6.61 Å². The van der Waals surface area contributed by atoms with Crippen LogP contribution in [0.25, 0.3) is 0 Å². The van der Waals surface area contributed by atoms with Crippen molar-refractivity contribution in [2.24, 2.45) is 5.92 Å². The van der Waals surface area contributed by atoms with Crippen molar-refractivity contribution in [3.63, 3.8) is 0 Å². The lowest BCUT2D eigenvalue weighted by Crippen LogP contribution is -2.03. The molecule has 0 aromatic carbocycles. The molecule has 10 heavy (non-hydrogen) atoms. The molecule has 0 radical (unpaired) electrons. The normalized spacial score (nSPS) is 13.1. The third kappa shape index (κ3) is 4.57. The Morgan fingerprint density at radius 3 is 2.50 bits per heavy atom. The average Bonchev–Trinajstić information content (AvgIpc) is 1.90. The molecule has 60 valence electrons. The average molecular weight is 142 g/mol. The zero-order valence-electron chi connectivity index (χ0n) is 7.06. The number of hydrogen-bond acceptors (Lipinski definition) is 1. The summed E-state index contributed by atoms with van der Waals surface area (Å²) >= 11 is 0. The highest BCUT2D eigenvalue weighted by atomic mass is 16.3. The van der Waals surface area contributed by atoms with E-state index in [4.69, 9.17) is 5.11 Å². The molecular weight excluding hydrogens is 124 g/mol. The van der Waals surface area contributed by atoms with Crippen LogP contribution in [0.5, 0.6) is 0 Å². The van der Waals surface area contributed by atoms with Gasteiger partial charge in [0.1, 0.15) is 0 Å². The van der Waals surface area contributed by atoms with Crippen LogP contribution in [0.15, 0.2) is 12.2 Å². The van der Waals surface area contributed by atoms with Crippen LogP contribution in [0, 0.1) is 5.92 Å². The van der Waals surface area contributed by atoms with E-state index in [1.807, 2.05) is 6.92 Å². The fourth-order valence-corrected chi connectivity index (χ4v) is 0.875. The molecule has 0 saturated carbocycles. The quantitative estimate of drug-likeness (QED) is 0.584. The topological polar surface area (TPSA) is 20.2 Å². The summed E-state index contributed by atoms with van der Waals surface area (Å²) in [6.45, 7) is 8.28. The van der Waals surface area contributed by atoms with Crippen LogP contribution >= 0.6 is 0 Å². The minimum Gasteiger partial charge on any atom is -0.396 e. The largest absolute Gasteiger partial charge is 0.396 e. The third-order valence-corrected chi connectivity index (χ3v) is 1.81. The Labute approximate surface area is 63.8 Å². The molecule has 1 nitrogen and oxygen atoms in total. The molecule has 1 unspecified atom stereocenters. The van der Waals surface area contributed by atoms with Gasteiger partial charge in [-0.2, -0.15) is 0 Å². The third-order valence-electron chi connectivity index (χ3n) is 1.81. The van der Waals surface area contributed by atoms with E-state index in [9.17, 15) is 0 Å². The highest BCUT2D eigenvalue weighted by Gasteiger charge is 2.02. The van der Waals surface area contributed by atoms with E-state index in [1.54, 1.807) is 0 Å². The predicted molar refractivity (Wildman–Crippen MR) is 44.9 cm³/mol. The molecule has 0 aliphatic heterocycles. The summed E-state index contributed by atoms with van der Waals surface area (Å²) in [6, 6.07) is 0. The van der Waals surface area contributed by atoms with Crippen LogP contribution in [-0.2, 0) is 0 Å². The van der Waals surface area contributed by atoms with Crippen molar-refractivity contribution in [3.05, 3.63) is 12.2 Å². The van der Waals surface area contributed by atoms with Crippen molar-refractivity contribution in [1.29, 1.82) is 0 Å². The second kappa shape index (κ2) is 5.48. The Morgan fingerprint density at radius 2 is 2.20 bits per heavy atom. The van der Waals surface area contributed by atoms with E-state index in [-0.39, 0.29) is 0 Å². The molecule has 0 bridgehead atoms. The van der Waals surface area contributed by atoms with Crippen molar-refractivity contribution in [3.8, 4) is 0 Å². The monoisotopic (exact) mass is 142 g/mol. The smallest absolute Gasteiger partial charge is 0.0459 e. The van der Waals surface area contributed by atoms with Gasteiger partial charge in [-0.1, -0.05) is 18.9 Å². The van der Waals surface area contributed by atoms with Crippen LogP contribution in [0.4, 0.5) is 0 Å².